The van der Waals surface area contributed by atoms with Crippen molar-refractivity contribution < 1.29 is 24.2 Å². The molecule has 0 unspecified atom stereocenters. The first-order valence-electron chi connectivity index (χ1n) is 11.3. The summed E-state index contributed by atoms with van der Waals surface area (Å²) in [4.78, 5) is 31.9. The van der Waals surface area contributed by atoms with E-state index in [1.165, 1.54) is 13.2 Å². The molecule has 7 heteroatoms. The Bertz CT molecular complexity index is 1210. The van der Waals surface area contributed by atoms with Crippen LogP contribution in [-0.2, 0) is 9.59 Å². The smallest absolute Gasteiger partial charge is 0.254 e. The van der Waals surface area contributed by atoms with Crippen molar-refractivity contribution in [2.24, 2.45) is 16.3 Å². The number of fused-ring (bicyclic) bond motifs is 1. The number of rotatable bonds is 5. The van der Waals surface area contributed by atoms with Gasteiger partial charge in [0.15, 0.2) is 11.5 Å². The highest BCUT2D eigenvalue weighted by molar-refractivity contribution is 6.14. The average molecular weight is 463 g/mol. The lowest BCUT2D eigenvalue weighted by molar-refractivity contribution is -0.124. The van der Waals surface area contributed by atoms with E-state index in [-0.39, 0.29) is 28.6 Å². The topological polar surface area (TPSA) is 97.2 Å². The number of methoxy groups -OCH3 is 2. The first-order valence-corrected chi connectivity index (χ1v) is 11.3. The number of nitrogens with one attached hydrogen (secondary N) is 1. The number of carbonyl (C=O) groups is 2. The number of carbonyl (C=O) groups excluding carboxylic acids is 2. The van der Waals surface area contributed by atoms with Crippen molar-refractivity contribution in [3.63, 3.8) is 0 Å². The molecule has 1 saturated carbocycles. The average Bonchev–Trinajstić information content (AvgIpc) is 2.78. The molecule has 2 aliphatic rings. The van der Waals surface area contributed by atoms with Crippen LogP contribution in [0.15, 0.2) is 58.7 Å². The first-order chi connectivity index (χ1) is 16.1. The van der Waals surface area contributed by atoms with Crippen molar-refractivity contribution in [1.82, 2.24) is 0 Å². The Morgan fingerprint density at radius 3 is 2.47 bits per heavy atom. The van der Waals surface area contributed by atoms with Gasteiger partial charge in [0.1, 0.15) is 11.5 Å². The van der Waals surface area contributed by atoms with Gasteiger partial charge in [-0.2, -0.15) is 0 Å². The van der Waals surface area contributed by atoms with E-state index in [4.69, 9.17) is 14.5 Å². The molecule has 0 aromatic heterocycles. The van der Waals surface area contributed by atoms with Crippen molar-refractivity contribution in [2.75, 3.05) is 19.5 Å². The maximum atomic E-state index is 13.7. The summed E-state index contributed by atoms with van der Waals surface area (Å²) in [6.07, 6.45) is 1.08. The molecule has 1 fully saturated rings. The van der Waals surface area contributed by atoms with Gasteiger partial charge in [-0.3, -0.25) is 14.6 Å². The summed E-state index contributed by atoms with van der Waals surface area (Å²) >= 11 is 0. The fourth-order valence-electron chi connectivity index (χ4n) is 5.07. The predicted octanol–water partition coefficient (Wildman–Crippen LogP) is 4.87. The van der Waals surface area contributed by atoms with Crippen molar-refractivity contribution in [1.29, 1.82) is 0 Å². The molecule has 1 heterocycles. The Kier molecular flexibility index (Phi) is 6.21. The van der Waals surface area contributed by atoms with Crippen LogP contribution in [0.1, 0.15) is 45.1 Å². The lowest BCUT2D eigenvalue weighted by atomic mass is 9.63. The quantitative estimate of drug-likeness (QED) is 0.661. The largest absolute Gasteiger partial charge is 0.504 e. The molecule has 1 amide bonds. The SMILES string of the molecule is COc1cc([C@@H]2C(C(=O)Nc3ccccc3OC)=C(C)N=C3CC(C)(C)CC(=O)[C@@H]32)ccc1O. The van der Waals surface area contributed by atoms with E-state index in [2.05, 4.69) is 19.2 Å². The number of ether oxygens (including phenoxy) is 2. The molecule has 0 spiro atoms. The molecule has 7 nitrogen and oxygen atoms in total. The number of ketones is 1. The van der Waals surface area contributed by atoms with Crippen LogP contribution in [0.25, 0.3) is 0 Å². The maximum absolute atomic E-state index is 13.7. The summed E-state index contributed by atoms with van der Waals surface area (Å²) in [6, 6.07) is 12.1. The number of aromatic hydroxyl groups is 1. The minimum absolute atomic E-state index is 0.00669. The standard InChI is InChI=1S/C27H30N2O5/c1-15-23(26(32)29-17-8-6-7-9-21(17)33-4)24(16-10-11-19(30)22(12-16)34-5)25-18(28-15)13-27(2,3)14-20(25)31/h6-12,24-25,30H,13-14H2,1-5H3,(H,29,32)/t24-,25-/m1/s1. The number of para-hydroxylation sites is 2. The molecule has 1 aliphatic heterocycles. The Morgan fingerprint density at radius 1 is 1.06 bits per heavy atom. The molecule has 2 aromatic carbocycles. The second-order valence-electron chi connectivity index (χ2n) is 9.63. The van der Waals surface area contributed by atoms with Crippen LogP contribution < -0.4 is 14.8 Å². The summed E-state index contributed by atoms with van der Waals surface area (Å²) in [5.74, 6) is -0.584. The van der Waals surface area contributed by atoms with Crippen LogP contribution in [0.5, 0.6) is 17.2 Å². The van der Waals surface area contributed by atoms with E-state index in [1.54, 1.807) is 38.3 Å². The number of phenols is 1. The molecule has 0 saturated heterocycles. The van der Waals surface area contributed by atoms with Gasteiger partial charge in [0.25, 0.3) is 5.91 Å². The Morgan fingerprint density at radius 2 is 1.76 bits per heavy atom. The summed E-state index contributed by atoms with van der Waals surface area (Å²) < 4.78 is 10.7. The fraction of sp³-hybridized carbons (Fsp3) is 0.370. The van der Waals surface area contributed by atoms with Gasteiger partial charge in [0.05, 0.1) is 25.8 Å². The number of aliphatic imine (C=N–C) groups is 1. The van der Waals surface area contributed by atoms with Crippen molar-refractivity contribution in [2.45, 2.75) is 39.5 Å². The molecule has 4 rings (SSSR count). The molecule has 2 aromatic rings. The van der Waals surface area contributed by atoms with E-state index < -0.39 is 11.8 Å². The van der Waals surface area contributed by atoms with E-state index >= 15 is 0 Å². The highest BCUT2D eigenvalue weighted by Crippen LogP contribution is 2.48. The van der Waals surface area contributed by atoms with Gasteiger partial charge in [0.2, 0.25) is 0 Å². The van der Waals surface area contributed by atoms with Crippen LogP contribution in [0, 0.1) is 11.3 Å². The minimum atomic E-state index is -0.555. The molecule has 2 N–H and O–H groups in total. The Labute approximate surface area is 199 Å². The molecular formula is C27H30N2O5. The van der Waals surface area contributed by atoms with Crippen LogP contribution in [-0.4, -0.2) is 36.7 Å². The number of amides is 1. The predicted molar refractivity (Wildman–Crippen MR) is 131 cm³/mol. The van der Waals surface area contributed by atoms with Crippen LogP contribution in [0.4, 0.5) is 5.69 Å². The number of hydrogen-bond donors (Lipinski definition) is 2. The molecule has 178 valence electrons. The zero-order valence-corrected chi connectivity index (χ0v) is 20.1. The van der Waals surface area contributed by atoms with E-state index in [0.29, 0.717) is 41.1 Å². The van der Waals surface area contributed by atoms with Gasteiger partial charge < -0.3 is 19.9 Å². The van der Waals surface area contributed by atoms with Crippen molar-refractivity contribution in [3.05, 3.63) is 59.3 Å². The van der Waals surface area contributed by atoms with Gasteiger partial charge in [-0.25, -0.2) is 0 Å². The van der Waals surface area contributed by atoms with Crippen molar-refractivity contribution in [3.8, 4) is 17.2 Å². The summed E-state index contributed by atoms with van der Waals surface area (Å²) in [6.45, 7) is 5.92. The highest BCUT2D eigenvalue weighted by Gasteiger charge is 2.47. The third-order valence-corrected chi connectivity index (χ3v) is 6.53. The highest BCUT2D eigenvalue weighted by atomic mass is 16.5. The second-order valence-corrected chi connectivity index (χ2v) is 9.63. The summed E-state index contributed by atoms with van der Waals surface area (Å²) in [5.41, 5.74) is 2.83. The maximum Gasteiger partial charge on any atom is 0.254 e. The molecule has 0 bridgehead atoms. The third-order valence-electron chi connectivity index (χ3n) is 6.53. The minimum Gasteiger partial charge on any atom is -0.504 e. The number of Topliss-reactive ketones (excluding diaryl/α,β-unsaturated/α-hetero) is 1. The van der Waals surface area contributed by atoms with Gasteiger partial charge >= 0.3 is 0 Å². The third kappa shape index (κ3) is 4.30. The Balaban J connectivity index is 1.85. The zero-order valence-electron chi connectivity index (χ0n) is 20.1. The van der Waals surface area contributed by atoms with Gasteiger partial charge in [0, 0.05) is 29.3 Å². The molecule has 2 atom stereocenters. The monoisotopic (exact) mass is 462 g/mol. The van der Waals surface area contributed by atoms with Gasteiger partial charge in [-0.1, -0.05) is 32.0 Å². The fourth-order valence-corrected chi connectivity index (χ4v) is 5.07. The number of benzene rings is 2. The normalized spacial score (nSPS) is 21.4. The number of allylic oxidation sites excluding steroid dienone is 1. The van der Waals surface area contributed by atoms with E-state index in [1.807, 2.05) is 12.1 Å². The molecular weight excluding hydrogens is 432 g/mol. The molecule has 0 radical (unpaired) electrons. The Hall–Kier alpha value is -3.61. The summed E-state index contributed by atoms with van der Waals surface area (Å²) in [5, 5.41) is 13.1. The van der Waals surface area contributed by atoms with Crippen LogP contribution in [0.3, 0.4) is 0 Å². The molecule has 1 aliphatic carbocycles. The van der Waals surface area contributed by atoms with E-state index in [9.17, 15) is 14.7 Å². The van der Waals surface area contributed by atoms with Gasteiger partial charge in [-0.05, 0) is 48.6 Å². The molecule has 34 heavy (non-hydrogen) atoms. The summed E-state index contributed by atoms with van der Waals surface area (Å²) in [7, 11) is 3.01. The lowest BCUT2D eigenvalue weighted by Crippen LogP contribution is -2.44. The number of anilines is 1. The van der Waals surface area contributed by atoms with Crippen LogP contribution >= 0.6 is 0 Å². The number of phenolic OH excluding ortho intramolecular Hbond substituents is 1. The van der Waals surface area contributed by atoms with Crippen LogP contribution in [0.2, 0.25) is 0 Å². The van der Waals surface area contributed by atoms with Crippen molar-refractivity contribution >= 4 is 23.1 Å². The van der Waals surface area contributed by atoms with E-state index in [0.717, 1.165) is 5.71 Å². The number of hydrogen-bond acceptors (Lipinski definition) is 6. The first kappa shape index (κ1) is 23.5. The number of nitrogens with zero attached hydrogens (tertiary/aromatic N) is 1. The lowest BCUT2D eigenvalue weighted by Gasteiger charge is -2.41. The van der Waals surface area contributed by atoms with Gasteiger partial charge in [-0.15, -0.1) is 0 Å². The second kappa shape index (κ2) is 8.97. The zero-order chi connectivity index (χ0) is 24.6.